The van der Waals surface area contributed by atoms with Gasteiger partial charge in [0.2, 0.25) is 0 Å². The second-order valence-corrected chi connectivity index (χ2v) is 5.57. The first-order valence-corrected chi connectivity index (χ1v) is 7.10. The van der Waals surface area contributed by atoms with Crippen LogP contribution in [0.15, 0.2) is 48.7 Å². The summed E-state index contributed by atoms with van der Waals surface area (Å²) in [5, 5.41) is 2.00. The van der Waals surface area contributed by atoms with Crippen molar-refractivity contribution in [2.75, 3.05) is 6.54 Å². The zero-order chi connectivity index (χ0) is 14.1. The Kier molecular flexibility index (Phi) is 3.51. The molecule has 2 aromatic carbocycles. The summed E-state index contributed by atoms with van der Waals surface area (Å²) in [6.45, 7) is 2.68. The number of aromatic nitrogens is 1. The van der Waals surface area contributed by atoms with E-state index in [1.165, 1.54) is 22.1 Å². The molecule has 3 rings (SSSR count). The Morgan fingerprint density at radius 2 is 1.90 bits per heavy atom. The number of hydrogen-bond acceptors (Lipinski definition) is 1. The average molecular weight is 285 g/mol. The molecule has 2 nitrogen and oxygen atoms in total. The van der Waals surface area contributed by atoms with Gasteiger partial charge in [0.1, 0.15) is 0 Å². The van der Waals surface area contributed by atoms with Crippen molar-refractivity contribution in [1.82, 2.24) is 4.98 Å². The summed E-state index contributed by atoms with van der Waals surface area (Å²) in [5.41, 5.74) is 10.9. The Morgan fingerprint density at radius 1 is 1.15 bits per heavy atom. The second kappa shape index (κ2) is 5.31. The lowest BCUT2D eigenvalue weighted by Crippen LogP contribution is -2.13. The molecule has 0 aliphatic rings. The molecule has 0 aliphatic heterocycles. The minimum atomic E-state index is 0.183. The molecule has 1 heterocycles. The standard InChI is InChI=1S/C17H17ClN2/c1-11-2-7-17-14(8-11)16(10-20-17)15(9-19)12-3-5-13(18)6-4-12/h2-8,10,15,20H,9,19H2,1H3/t15-/m0/s1. The summed E-state index contributed by atoms with van der Waals surface area (Å²) in [7, 11) is 0. The van der Waals surface area contributed by atoms with Crippen LogP contribution in [0.2, 0.25) is 5.02 Å². The molecule has 0 amide bonds. The highest BCUT2D eigenvalue weighted by molar-refractivity contribution is 6.30. The topological polar surface area (TPSA) is 41.8 Å². The Morgan fingerprint density at radius 3 is 2.60 bits per heavy atom. The van der Waals surface area contributed by atoms with Crippen LogP contribution in [0.4, 0.5) is 0 Å². The number of fused-ring (bicyclic) bond motifs is 1. The van der Waals surface area contributed by atoms with E-state index in [9.17, 15) is 0 Å². The number of rotatable bonds is 3. The van der Waals surface area contributed by atoms with Crippen LogP contribution in [0.25, 0.3) is 10.9 Å². The van der Waals surface area contributed by atoms with Gasteiger partial charge in [-0.15, -0.1) is 0 Å². The highest BCUT2D eigenvalue weighted by atomic mass is 35.5. The summed E-state index contributed by atoms with van der Waals surface area (Å²) in [4.78, 5) is 3.33. The van der Waals surface area contributed by atoms with Gasteiger partial charge in [-0.25, -0.2) is 0 Å². The van der Waals surface area contributed by atoms with Crippen LogP contribution in [0.1, 0.15) is 22.6 Å². The van der Waals surface area contributed by atoms with Crippen LogP contribution in [0.5, 0.6) is 0 Å². The smallest absolute Gasteiger partial charge is 0.0457 e. The number of halogens is 1. The van der Waals surface area contributed by atoms with Gasteiger partial charge in [0.05, 0.1) is 0 Å². The number of aromatic amines is 1. The van der Waals surface area contributed by atoms with Gasteiger partial charge in [0, 0.05) is 34.6 Å². The lowest BCUT2D eigenvalue weighted by Gasteiger charge is -2.15. The van der Waals surface area contributed by atoms with Crippen molar-refractivity contribution < 1.29 is 0 Å². The van der Waals surface area contributed by atoms with E-state index in [0.717, 1.165) is 10.5 Å². The van der Waals surface area contributed by atoms with Crippen LogP contribution in [-0.4, -0.2) is 11.5 Å². The molecular formula is C17H17ClN2. The molecule has 3 aromatic rings. The molecule has 0 saturated carbocycles. The lowest BCUT2D eigenvalue weighted by atomic mass is 9.91. The molecule has 0 aliphatic carbocycles. The molecule has 1 atom stereocenters. The van der Waals surface area contributed by atoms with Gasteiger partial charge in [-0.3, -0.25) is 0 Å². The number of aryl methyl sites for hydroxylation is 1. The maximum absolute atomic E-state index is 6.02. The van der Waals surface area contributed by atoms with E-state index in [0.29, 0.717) is 6.54 Å². The minimum absolute atomic E-state index is 0.183. The first-order valence-electron chi connectivity index (χ1n) is 6.72. The van der Waals surface area contributed by atoms with E-state index < -0.39 is 0 Å². The third-order valence-electron chi connectivity index (χ3n) is 3.75. The van der Waals surface area contributed by atoms with E-state index in [1.54, 1.807) is 0 Å². The lowest BCUT2D eigenvalue weighted by molar-refractivity contribution is 0.825. The van der Waals surface area contributed by atoms with Crippen molar-refractivity contribution in [2.24, 2.45) is 5.73 Å². The molecular weight excluding hydrogens is 268 g/mol. The molecule has 0 spiro atoms. The normalized spacial score (nSPS) is 12.8. The fraction of sp³-hybridized carbons (Fsp3) is 0.176. The maximum atomic E-state index is 6.02. The fourth-order valence-corrected chi connectivity index (χ4v) is 2.81. The van der Waals surface area contributed by atoms with Crippen LogP contribution >= 0.6 is 11.6 Å². The Balaban J connectivity index is 2.11. The van der Waals surface area contributed by atoms with Gasteiger partial charge in [0.25, 0.3) is 0 Å². The molecule has 1 aromatic heterocycles. The molecule has 102 valence electrons. The number of hydrogen-bond donors (Lipinski definition) is 2. The fourth-order valence-electron chi connectivity index (χ4n) is 2.68. The van der Waals surface area contributed by atoms with Crippen molar-refractivity contribution in [3.8, 4) is 0 Å². The summed E-state index contributed by atoms with van der Waals surface area (Å²) in [5.74, 6) is 0.183. The molecule has 0 fully saturated rings. The van der Waals surface area contributed by atoms with Crippen LogP contribution in [0, 0.1) is 6.92 Å². The minimum Gasteiger partial charge on any atom is -0.361 e. The second-order valence-electron chi connectivity index (χ2n) is 5.13. The van der Waals surface area contributed by atoms with Crippen molar-refractivity contribution in [2.45, 2.75) is 12.8 Å². The highest BCUT2D eigenvalue weighted by Crippen LogP contribution is 2.31. The van der Waals surface area contributed by atoms with Gasteiger partial charge in [-0.1, -0.05) is 35.4 Å². The molecule has 0 bridgehead atoms. The first-order chi connectivity index (χ1) is 9.69. The van der Waals surface area contributed by atoms with E-state index in [-0.39, 0.29) is 5.92 Å². The SMILES string of the molecule is Cc1ccc2[nH]cc([C@@H](CN)c3ccc(Cl)cc3)c2c1. The van der Waals surface area contributed by atoms with Gasteiger partial charge in [0.15, 0.2) is 0 Å². The van der Waals surface area contributed by atoms with E-state index in [4.69, 9.17) is 17.3 Å². The zero-order valence-corrected chi connectivity index (χ0v) is 12.1. The predicted molar refractivity (Wildman–Crippen MR) is 85.4 cm³/mol. The number of H-pyrrole nitrogens is 1. The van der Waals surface area contributed by atoms with Crippen LogP contribution in [-0.2, 0) is 0 Å². The van der Waals surface area contributed by atoms with E-state index >= 15 is 0 Å². The largest absolute Gasteiger partial charge is 0.361 e. The third-order valence-corrected chi connectivity index (χ3v) is 4.00. The monoisotopic (exact) mass is 284 g/mol. The van der Waals surface area contributed by atoms with Crippen molar-refractivity contribution >= 4 is 22.5 Å². The molecule has 0 saturated heterocycles. The predicted octanol–water partition coefficient (Wildman–Crippen LogP) is 4.22. The Hall–Kier alpha value is -1.77. The number of benzene rings is 2. The molecule has 3 N–H and O–H groups in total. The van der Waals surface area contributed by atoms with Gasteiger partial charge < -0.3 is 10.7 Å². The van der Waals surface area contributed by atoms with Crippen molar-refractivity contribution in [1.29, 1.82) is 0 Å². The number of nitrogens with one attached hydrogen (secondary N) is 1. The van der Waals surface area contributed by atoms with Gasteiger partial charge >= 0.3 is 0 Å². The van der Waals surface area contributed by atoms with E-state index in [2.05, 4.69) is 48.4 Å². The third kappa shape index (κ3) is 2.33. The Bertz CT molecular complexity index is 728. The number of nitrogens with two attached hydrogens (primary N) is 1. The van der Waals surface area contributed by atoms with Crippen LogP contribution < -0.4 is 5.73 Å². The molecule has 0 unspecified atom stereocenters. The highest BCUT2D eigenvalue weighted by Gasteiger charge is 2.16. The summed E-state index contributed by atoms with van der Waals surface area (Å²) in [6, 6.07) is 14.4. The molecule has 20 heavy (non-hydrogen) atoms. The summed E-state index contributed by atoms with van der Waals surface area (Å²) in [6.07, 6.45) is 2.07. The average Bonchev–Trinajstić information content (AvgIpc) is 2.85. The first kappa shape index (κ1) is 13.2. The summed E-state index contributed by atoms with van der Waals surface area (Å²) >= 11 is 5.96. The van der Waals surface area contributed by atoms with Crippen LogP contribution in [0.3, 0.4) is 0 Å². The molecule has 0 radical (unpaired) electrons. The van der Waals surface area contributed by atoms with E-state index in [1.807, 2.05) is 12.1 Å². The quantitative estimate of drug-likeness (QED) is 0.743. The molecule has 3 heteroatoms. The zero-order valence-electron chi connectivity index (χ0n) is 11.4. The van der Waals surface area contributed by atoms with Crippen molar-refractivity contribution in [3.63, 3.8) is 0 Å². The summed E-state index contributed by atoms with van der Waals surface area (Å²) < 4.78 is 0. The Labute approximate surface area is 123 Å². The van der Waals surface area contributed by atoms with Gasteiger partial charge in [-0.2, -0.15) is 0 Å². The van der Waals surface area contributed by atoms with Crippen molar-refractivity contribution in [3.05, 3.63) is 70.4 Å². The maximum Gasteiger partial charge on any atom is 0.0457 e. The van der Waals surface area contributed by atoms with Gasteiger partial charge in [-0.05, 0) is 42.3 Å².